The fourth-order valence-corrected chi connectivity index (χ4v) is 3.60. The molecule has 3 rings (SSSR count). The number of carbonyl (C=O) groups excluding carboxylic acids is 2. The van der Waals surface area contributed by atoms with Crippen LogP contribution < -0.4 is 9.47 Å². The smallest absolute Gasteiger partial charge is 0.260 e. The molecule has 148 valence electrons. The highest BCUT2D eigenvalue weighted by molar-refractivity contribution is 9.10. The van der Waals surface area contributed by atoms with Crippen LogP contribution in [-0.2, 0) is 4.79 Å². The molecule has 6 nitrogen and oxygen atoms in total. The van der Waals surface area contributed by atoms with Gasteiger partial charge >= 0.3 is 0 Å². The third-order valence-electron chi connectivity index (χ3n) is 4.66. The number of benzene rings is 2. The van der Waals surface area contributed by atoms with E-state index in [-0.39, 0.29) is 18.4 Å². The summed E-state index contributed by atoms with van der Waals surface area (Å²) in [6, 6.07) is 14.6. The van der Waals surface area contributed by atoms with Crippen LogP contribution in [0.4, 0.5) is 0 Å². The lowest BCUT2D eigenvalue weighted by Crippen LogP contribution is -2.39. The average molecular weight is 447 g/mol. The molecule has 0 aliphatic carbocycles. The van der Waals surface area contributed by atoms with Crippen LogP contribution in [-0.4, -0.2) is 61.5 Å². The molecule has 0 N–H and O–H groups in total. The number of hydrogen-bond donors (Lipinski definition) is 0. The maximum absolute atomic E-state index is 12.8. The Labute approximate surface area is 173 Å². The van der Waals surface area contributed by atoms with E-state index in [0.29, 0.717) is 43.2 Å². The summed E-state index contributed by atoms with van der Waals surface area (Å²) in [5, 5.41) is 0. The van der Waals surface area contributed by atoms with E-state index >= 15 is 0 Å². The van der Waals surface area contributed by atoms with Crippen LogP contribution >= 0.6 is 15.9 Å². The maximum Gasteiger partial charge on any atom is 0.260 e. The van der Waals surface area contributed by atoms with Crippen LogP contribution in [0.3, 0.4) is 0 Å². The van der Waals surface area contributed by atoms with Gasteiger partial charge in [-0.15, -0.1) is 0 Å². The minimum atomic E-state index is -0.0962. The highest BCUT2D eigenvalue weighted by Crippen LogP contribution is 2.25. The second-order valence-corrected chi connectivity index (χ2v) is 7.30. The van der Waals surface area contributed by atoms with Crippen molar-refractivity contribution >= 4 is 27.7 Å². The third kappa shape index (κ3) is 4.84. The van der Waals surface area contributed by atoms with Gasteiger partial charge in [-0.05, 0) is 46.6 Å². The first-order valence-electron chi connectivity index (χ1n) is 9.17. The first-order chi connectivity index (χ1) is 13.6. The van der Waals surface area contributed by atoms with Crippen molar-refractivity contribution < 1.29 is 19.1 Å². The summed E-state index contributed by atoms with van der Waals surface area (Å²) in [7, 11) is 1.56. The summed E-state index contributed by atoms with van der Waals surface area (Å²) in [5.41, 5.74) is 0.641. The Bertz CT molecular complexity index is 843. The highest BCUT2D eigenvalue weighted by Gasteiger charge is 2.24. The first-order valence-corrected chi connectivity index (χ1v) is 9.97. The predicted octanol–water partition coefficient (Wildman–Crippen LogP) is 3.21. The van der Waals surface area contributed by atoms with Gasteiger partial charge in [0.1, 0.15) is 0 Å². The van der Waals surface area contributed by atoms with E-state index in [1.165, 1.54) is 0 Å². The van der Waals surface area contributed by atoms with Gasteiger partial charge in [0.2, 0.25) is 0 Å². The van der Waals surface area contributed by atoms with Crippen LogP contribution in [0.2, 0.25) is 0 Å². The van der Waals surface area contributed by atoms with Crippen LogP contribution in [0.1, 0.15) is 16.8 Å². The van der Waals surface area contributed by atoms with E-state index < -0.39 is 0 Å². The largest absolute Gasteiger partial charge is 0.493 e. The summed E-state index contributed by atoms with van der Waals surface area (Å²) in [6.07, 6.45) is 0.733. The fraction of sp³-hybridized carbons (Fsp3) is 0.333. The second-order valence-electron chi connectivity index (χ2n) is 6.45. The molecule has 7 heteroatoms. The lowest BCUT2D eigenvalue weighted by molar-refractivity contribution is -0.133. The molecular formula is C21H23BrN2O4. The maximum atomic E-state index is 12.8. The summed E-state index contributed by atoms with van der Waals surface area (Å²) in [4.78, 5) is 28.9. The molecule has 1 aliphatic rings. The van der Waals surface area contributed by atoms with E-state index in [2.05, 4.69) is 15.9 Å². The number of halogens is 1. The number of amides is 2. The molecule has 2 aromatic rings. The number of methoxy groups -OCH3 is 1. The zero-order chi connectivity index (χ0) is 19.9. The molecule has 1 fully saturated rings. The molecular weight excluding hydrogens is 424 g/mol. The minimum Gasteiger partial charge on any atom is -0.493 e. The number of nitrogens with zero attached hydrogens (tertiary/aromatic N) is 2. The van der Waals surface area contributed by atoms with E-state index in [4.69, 9.17) is 9.47 Å². The van der Waals surface area contributed by atoms with Crippen LogP contribution in [0.5, 0.6) is 11.5 Å². The molecule has 0 radical (unpaired) electrons. The van der Waals surface area contributed by atoms with Crippen molar-refractivity contribution in [3.05, 3.63) is 58.6 Å². The van der Waals surface area contributed by atoms with Crippen molar-refractivity contribution in [2.45, 2.75) is 6.42 Å². The van der Waals surface area contributed by atoms with E-state index in [9.17, 15) is 9.59 Å². The number of rotatable bonds is 5. The van der Waals surface area contributed by atoms with Gasteiger partial charge in [-0.25, -0.2) is 0 Å². The predicted molar refractivity (Wildman–Crippen MR) is 110 cm³/mol. The Morgan fingerprint density at radius 1 is 0.929 bits per heavy atom. The summed E-state index contributed by atoms with van der Waals surface area (Å²) < 4.78 is 11.7. The highest BCUT2D eigenvalue weighted by atomic mass is 79.9. The summed E-state index contributed by atoms with van der Waals surface area (Å²) >= 11 is 3.43. The Kier molecular flexibility index (Phi) is 6.92. The zero-order valence-corrected chi connectivity index (χ0v) is 17.4. The van der Waals surface area contributed by atoms with Crippen molar-refractivity contribution in [3.63, 3.8) is 0 Å². The zero-order valence-electron chi connectivity index (χ0n) is 15.8. The van der Waals surface area contributed by atoms with Crippen molar-refractivity contribution in [1.29, 1.82) is 0 Å². The van der Waals surface area contributed by atoms with Crippen LogP contribution in [0.25, 0.3) is 0 Å². The lowest BCUT2D eigenvalue weighted by Gasteiger charge is -2.23. The number of hydrogen-bond acceptors (Lipinski definition) is 4. The third-order valence-corrected chi connectivity index (χ3v) is 5.35. The molecule has 0 unspecified atom stereocenters. The Morgan fingerprint density at radius 2 is 1.57 bits per heavy atom. The summed E-state index contributed by atoms with van der Waals surface area (Å²) in [6.45, 7) is 2.16. The topological polar surface area (TPSA) is 59.1 Å². The normalized spacial score (nSPS) is 14.4. The van der Waals surface area contributed by atoms with E-state index in [0.717, 1.165) is 10.9 Å². The molecule has 0 bridgehead atoms. The molecule has 28 heavy (non-hydrogen) atoms. The quantitative estimate of drug-likeness (QED) is 0.707. The number of ether oxygens (including phenoxy) is 2. The second kappa shape index (κ2) is 9.59. The van der Waals surface area contributed by atoms with Crippen molar-refractivity contribution in [1.82, 2.24) is 9.80 Å². The molecule has 2 aromatic carbocycles. The Morgan fingerprint density at radius 3 is 2.32 bits per heavy atom. The van der Waals surface area contributed by atoms with Gasteiger partial charge < -0.3 is 19.3 Å². The first kappa shape index (κ1) is 20.2. The average Bonchev–Trinajstić information content (AvgIpc) is 2.98. The monoisotopic (exact) mass is 446 g/mol. The van der Waals surface area contributed by atoms with Gasteiger partial charge in [0.15, 0.2) is 18.1 Å². The molecule has 0 atom stereocenters. The standard InChI is InChI=1S/C21H23BrN2O4/c1-27-18-9-4-5-10-19(18)28-15-20(25)23-11-6-12-24(14-13-23)21(26)16-7-2-3-8-17(16)22/h2-5,7-10H,6,11-15H2,1H3. The Hall–Kier alpha value is -2.54. The molecule has 1 aliphatic heterocycles. The van der Waals surface area contributed by atoms with Crippen molar-refractivity contribution in [2.75, 3.05) is 39.9 Å². The molecule has 1 saturated heterocycles. The van der Waals surface area contributed by atoms with Crippen molar-refractivity contribution in [3.8, 4) is 11.5 Å². The van der Waals surface area contributed by atoms with Gasteiger partial charge in [0, 0.05) is 30.7 Å². The molecule has 0 saturated carbocycles. The van der Waals surface area contributed by atoms with Gasteiger partial charge in [0.25, 0.3) is 11.8 Å². The molecule has 1 heterocycles. The van der Waals surface area contributed by atoms with Gasteiger partial charge in [-0.1, -0.05) is 24.3 Å². The molecule has 0 spiro atoms. The lowest BCUT2D eigenvalue weighted by atomic mass is 10.2. The van der Waals surface area contributed by atoms with Crippen LogP contribution in [0.15, 0.2) is 53.0 Å². The number of carbonyl (C=O) groups is 2. The Balaban J connectivity index is 1.56. The van der Waals surface area contributed by atoms with E-state index in [1.54, 1.807) is 35.1 Å². The fourth-order valence-electron chi connectivity index (χ4n) is 3.14. The minimum absolute atomic E-state index is 0.0213. The van der Waals surface area contributed by atoms with Gasteiger partial charge in [-0.3, -0.25) is 9.59 Å². The van der Waals surface area contributed by atoms with Crippen LogP contribution in [0, 0.1) is 0 Å². The van der Waals surface area contributed by atoms with Gasteiger partial charge in [0.05, 0.1) is 12.7 Å². The summed E-state index contributed by atoms with van der Waals surface area (Å²) in [5.74, 6) is 1.02. The molecule has 0 aromatic heterocycles. The van der Waals surface area contributed by atoms with Gasteiger partial charge in [-0.2, -0.15) is 0 Å². The SMILES string of the molecule is COc1ccccc1OCC(=O)N1CCCN(C(=O)c2ccccc2Br)CC1. The molecule has 2 amide bonds. The van der Waals surface area contributed by atoms with E-state index in [1.807, 2.05) is 30.3 Å². The van der Waals surface area contributed by atoms with Crippen molar-refractivity contribution in [2.24, 2.45) is 0 Å². The number of para-hydroxylation sites is 2.